The zero-order valence-electron chi connectivity index (χ0n) is 13.5. The topological polar surface area (TPSA) is 57.0 Å². The Bertz CT molecular complexity index is 865. The minimum absolute atomic E-state index is 0.169. The maximum atomic E-state index is 11.8. The van der Waals surface area contributed by atoms with Crippen molar-refractivity contribution in [3.63, 3.8) is 0 Å². The first kappa shape index (κ1) is 15.9. The summed E-state index contributed by atoms with van der Waals surface area (Å²) >= 11 is 1.43. The number of thioether (sulfide) groups is 1. The quantitative estimate of drug-likeness (QED) is 0.661. The van der Waals surface area contributed by atoms with Crippen LogP contribution >= 0.6 is 11.8 Å². The summed E-state index contributed by atoms with van der Waals surface area (Å²) in [7, 11) is 0. The Balaban J connectivity index is 1.70. The Kier molecular flexibility index (Phi) is 4.52. The number of para-hydroxylation sites is 1. The molecule has 126 valence electrons. The second-order valence-electron chi connectivity index (χ2n) is 5.79. The first-order chi connectivity index (χ1) is 12.3. The van der Waals surface area contributed by atoms with Gasteiger partial charge in [0.15, 0.2) is 5.16 Å². The normalized spacial score (nSPS) is 16.8. The Morgan fingerprint density at radius 1 is 1.04 bits per heavy atom. The van der Waals surface area contributed by atoms with Gasteiger partial charge in [0.05, 0.1) is 6.61 Å². The molecular weight excluding hydrogens is 334 g/mol. The van der Waals surface area contributed by atoms with Crippen molar-refractivity contribution in [3.05, 3.63) is 72.1 Å². The second kappa shape index (κ2) is 7.11. The van der Waals surface area contributed by atoms with Gasteiger partial charge in [0, 0.05) is 18.5 Å². The fourth-order valence-corrected chi connectivity index (χ4v) is 3.85. The number of hydrogen-bond donors (Lipinski definition) is 0. The third-order valence-electron chi connectivity index (χ3n) is 4.05. The van der Waals surface area contributed by atoms with Crippen molar-refractivity contribution in [1.29, 1.82) is 0 Å². The lowest BCUT2D eigenvalue weighted by Gasteiger charge is -2.11. The van der Waals surface area contributed by atoms with Gasteiger partial charge in [0.1, 0.15) is 11.1 Å². The van der Waals surface area contributed by atoms with Crippen LogP contribution in [0.4, 0.5) is 0 Å². The van der Waals surface area contributed by atoms with Crippen molar-refractivity contribution in [1.82, 2.24) is 14.8 Å². The molecule has 1 fully saturated rings. The average Bonchev–Trinajstić information content (AvgIpc) is 3.23. The van der Waals surface area contributed by atoms with Crippen molar-refractivity contribution in [3.8, 4) is 5.69 Å². The van der Waals surface area contributed by atoms with Crippen LogP contribution in [0.25, 0.3) is 5.69 Å². The molecule has 0 radical (unpaired) electrons. The number of rotatable bonds is 5. The maximum absolute atomic E-state index is 11.8. The van der Waals surface area contributed by atoms with Crippen LogP contribution in [0.1, 0.15) is 17.8 Å². The molecule has 25 heavy (non-hydrogen) atoms. The molecule has 1 aliphatic heterocycles. The summed E-state index contributed by atoms with van der Waals surface area (Å²) < 4.78 is 7.10. The Morgan fingerprint density at radius 3 is 2.44 bits per heavy atom. The Hall–Kier alpha value is -2.60. The van der Waals surface area contributed by atoms with E-state index in [-0.39, 0.29) is 11.2 Å². The van der Waals surface area contributed by atoms with E-state index >= 15 is 0 Å². The van der Waals surface area contributed by atoms with E-state index in [0.29, 0.717) is 19.4 Å². The lowest BCUT2D eigenvalue weighted by Crippen LogP contribution is -2.11. The van der Waals surface area contributed by atoms with E-state index in [9.17, 15) is 4.79 Å². The number of esters is 1. The van der Waals surface area contributed by atoms with Gasteiger partial charge in [-0.2, -0.15) is 0 Å². The van der Waals surface area contributed by atoms with Gasteiger partial charge in [-0.3, -0.25) is 9.36 Å². The fraction of sp³-hybridized carbons (Fsp3) is 0.211. The molecule has 1 aliphatic rings. The molecule has 6 heteroatoms. The molecule has 1 aromatic heterocycles. The molecule has 0 amide bonds. The smallest absolute Gasteiger partial charge is 0.319 e. The lowest BCUT2D eigenvalue weighted by molar-refractivity contribution is -0.137. The summed E-state index contributed by atoms with van der Waals surface area (Å²) in [6.07, 6.45) is 1.39. The standard InChI is InChI=1S/C19H17N3O2S/c23-18-16(11-12-24-18)25-19-21-20-17(13-14-7-3-1-4-8-14)22(19)15-9-5-2-6-10-15/h1-10,16H,11-13H2/t16-/m1/s1. The van der Waals surface area contributed by atoms with E-state index in [1.54, 1.807) is 0 Å². The molecule has 0 saturated carbocycles. The monoisotopic (exact) mass is 351 g/mol. The van der Waals surface area contributed by atoms with E-state index in [4.69, 9.17) is 4.74 Å². The Labute approximate surface area is 150 Å². The maximum Gasteiger partial charge on any atom is 0.319 e. The highest BCUT2D eigenvalue weighted by atomic mass is 32.2. The summed E-state index contributed by atoms with van der Waals surface area (Å²) in [5, 5.41) is 9.26. The van der Waals surface area contributed by atoms with E-state index in [2.05, 4.69) is 22.3 Å². The predicted octanol–water partition coefficient (Wildman–Crippen LogP) is 3.27. The van der Waals surface area contributed by atoms with Crippen LogP contribution in [0.3, 0.4) is 0 Å². The molecule has 0 N–H and O–H groups in total. The second-order valence-corrected chi connectivity index (χ2v) is 6.96. The fourth-order valence-electron chi connectivity index (χ4n) is 2.82. The summed E-state index contributed by atoms with van der Waals surface area (Å²) in [5.74, 6) is 0.684. The molecule has 4 rings (SSSR count). The average molecular weight is 351 g/mol. The minimum atomic E-state index is -0.212. The molecule has 2 heterocycles. The SMILES string of the molecule is O=C1OCC[C@H]1Sc1nnc(Cc2ccccc2)n1-c1ccccc1. The third-order valence-corrected chi connectivity index (χ3v) is 5.24. The number of benzene rings is 2. The summed E-state index contributed by atoms with van der Waals surface area (Å²) in [4.78, 5) is 11.8. The van der Waals surface area contributed by atoms with Crippen molar-refractivity contribution in [2.45, 2.75) is 23.2 Å². The number of aromatic nitrogens is 3. The first-order valence-corrected chi connectivity index (χ1v) is 9.06. The van der Waals surface area contributed by atoms with Crippen molar-refractivity contribution < 1.29 is 9.53 Å². The molecule has 0 aliphatic carbocycles. The molecule has 0 bridgehead atoms. The highest BCUT2D eigenvalue weighted by molar-refractivity contribution is 8.00. The zero-order valence-corrected chi connectivity index (χ0v) is 14.4. The largest absolute Gasteiger partial charge is 0.465 e. The molecule has 2 aromatic carbocycles. The van der Waals surface area contributed by atoms with Gasteiger partial charge >= 0.3 is 5.97 Å². The number of carbonyl (C=O) groups excluding carboxylic acids is 1. The molecular formula is C19H17N3O2S. The van der Waals surface area contributed by atoms with Gasteiger partial charge < -0.3 is 4.74 Å². The number of hydrogen-bond acceptors (Lipinski definition) is 5. The van der Waals surface area contributed by atoms with Crippen molar-refractivity contribution in [2.75, 3.05) is 6.61 Å². The van der Waals surface area contributed by atoms with Gasteiger partial charge in [-0.15, -0.1) is 10.2 Å². The van der Waals surface area contributed by atoms with Crippen LogP contribution < -0.4 is 0 Å². The van der Waals surface area contributed by atoms with Crippen molar-refractivity contribution >= 4 is 17.7 Å². The van der Waals surface area contributed by atoms with Crippen molar-refractivity contribution in [2.24, 2.45) is 0 Å². The summed E-state index contributed by atoms with van der Waals surface area (Å²) in [6.45, 7) is 0.479. The Morgan fingerprint density at radius 2 is 1.76 bits per heavy atom. The molecule has 1 saturated heterocycles. The number of cyclic esters (lactones) is 1. The first-order valence-electron chi connectivity index (χ1n) is 8.18. The van der Waals surface area contributed by atoms with Crippen LogP contribution in [-0.4, -0.2) is 32.6 Å². The molecule has 1 atom stereocenters. The van der Waals surface area contributed by atoms with Crippen LogP contribution in [0, 0.1) is 0 Å². The van der Waals surface area contributed by atoms with E-state index in [1.165, 1.54) is 17.3 Å². The third kappa shape index (κ3) is 3.44. The molecule has 3 aromatic rings. The molecule has 5 nitrogen and oxygen atoms in total. The zero-order chi connectivity index (χ0) is 17.1. The van der Waals surface area contributed by atoms with Gasteiger partial charge in [-0.25, -0.2) is 0 Å². The summed E-state index contributed by atoms with van der Waals surface area (Å²) in [5.41, 5.74) is 2.16. The van der Waals surface area contributed by atoms with Gasteiger partial charge in [0.25, 0.3) is 0 Å². The lowest BCUT2D eigenvalue weighted by atomic mass is 10.1. The van der Waals surface area contributed by atoms with Crippen LogP contribution in [0.15, 0.2) is 65.8 Å². The number of nitrogens with zero attached hydrogens (tertiary/aromatic N) is 3. The van der Waals surface area contributed by atoms with E-state index in [0.717, 1.165) is 16.7 Å². The number of ether oxygens (including phenoxy) is 1. The predicted molar refractivity (Wildman–Crippen MR) is 95.8 cm³/mol. The van der Waals surface area contributed by atoms with E-state index in [1.807, 2.05) is 53.1 Å². The number of carbonyl (C=O) groups is 1. The van der Waals surface area contributed by atoms with Crippen LogP contribution in [0.2, 0.25) is 0 Å². The van der Waals surface area contributed by atoms with Crippen LogP contribution in [0.5, 0.6) is 0 Å². The summed E-state index contributed by atoms with van der Waals surface area (Å²) in [6, 6.07) is 20.2. The van der Waals surface area contributed by atoms with Crippen LogP contribution in [-0.2, 0) is 16.0 Å². The minimum Gasteiger partial charge on any atom is -0.465 e. The highest BCUT2D eigenvalue weighted by Crippen LogP contribution is 2.31. The van der Waals surface area contributed by atoms with Gasteiger partial charge in [-0.1, -0.05) is 60.3 Å². The van der Waals surface area contributed by atoms with Gasteiger partial charge in [0.2, 0.25) is 0 Å². The molecule has 0 unspecified atom stereocenters. The molecule has 0 spiro atoms. The highest BCUT2D eigenvalue weighted by Gasteiger charge is 2.30. The van der Waals surface area contributed by atoms with Gasteiger partial charge in [-0.05, 0) is 17.7 Å². The van der Waals surface area contributed by atoms with E-state index < -0.39 is 0 Å².